The van der Waals surface area contributed by atoms with Crippen molar-refractivity contribution in [2.45, 2.75) is 6.42 Å². The Labute approximate surface area is 161 Å². The molecule has 0 aliphatic heterocycles. The first-order valence-corrected chi connectivity index (χ1v) is 8.30. The quantitative estimate of drug-likeness (QED) is 0.106. The third-order valence-corrected chi connectivity index (χ3v) is 3.66. The van der Waals surface area contributed by atoms with Gasteiger partial charge in [0.25, 0.3) is 0 Å². The molecule has 142 valence electrons. The molecule has 27 heavy (non-hydrogen) atoms. The summed E-state index contributed by atoms with van der Waals surface area (Å²) < 4.78 is 18.2. The predicted octanol–water partition coefficient (Wildman–Crippen LogP) is 1.22. The number of anilines is 1. The molecule has 0 radical (unpaired) electrons. The van der Waals surface area contributed by atoms with Crippen LogP contribution in [0.5, 0.6) is 0 Å². The lowest BCUT2D eigenvalue weighted by Crippen LogP contribution is -2.27. The standard InChI is InChI=1S/C14H15BrFN9O2/c15-9-6-8(2-3-10(9)16)22-13(23-26)11-12(25-27-24-11)19-4-1-5-20-14(18)21-7-17/h2-3,6,26H,1,4-5H2,(H,19,25)(H,22,23)(H3,18,20,21). The first-order chi connectivity index (χ1) is 13.0. The highest BCUT2D eigenvalue weighted by Crippen LogP contribution is 2.23. The third kappa shape index (κ3) is 5.90. The highest BCUT2D eigenvalue weighted by molar-refractivity contribution is 9.10. The van der Waals surface area contributed by atoms with Gasteiger partial charge in [0.15, 0.2) is 17.7 Å². The number of guanidine groups is 1. The molecule has 0 bridgehead atoms. The lowest BCUT2D eigenvalue weighted by atomic mass is 10.3. The molecule has 1 heterocycles. The molecule has 2 aromatic rings. The number of aromatic nitrogens is 2. The van der Waals surface area contributed by atoms with Crippen LogP contribution in [0, 0.1) is 17.3 Å². The Hall–Kier alpha value is -3.24. The first kappa shape index (κ1) is 20.1. The van der Waals surface area contributed by atoms with Crippen molar-refractivity contribution in [2.24, 2.45) is 15.7 Å². The summed E-state index contributed by atoms with van der Waals surface area (Å²) in [7, 11) is 0. The number of amidine groups is 1. The number of hydroxylamine groups is 1. The molecule has 0 atom stereocenters. The molecule has 13 heteroatoms. The number of aliphatic imine (C=N–C) groups is 2. The van der Waals surface area contributed by atoms with Gasteiger partial charge in [0.2, 0.25) is 11.8 Å². The Morgan fingerprint density at radius 3 is 2.96 bits per heavy atom. The van der Waals surface area contributed by atoms with Crippen LogP contribution in [0.15, 0.2) is 37.3 Å². The second kappa shape index (κ2) is 10.0. The van der Waals surface area contributed by atoms with Crippen molar-refractivity contribution in [3.63, 3.8) is 0 Å². The molecule has 0 amide bonds. The Kier molecular flexibility index (Phi) is 7.47. The molecule has 0 saturated carbocycles. The fraction of sp³-hybridized carbons (Fsp3) is 0.214. The largest absolute Gasteiger partial charge is 0.369 e. The van der Waals surface area contributed by atoms with Crippen molar-refractivity contribution in [2.75, 3.05) is 18.4 Å². The minimum absolute atomic E-state index is 0.0330. The molecule has 0 aliphatic rings. The zero-order valence-corrected chi connectivity index (χ0v) is 15.4. The summed E-state index contributed by atoms with van der Waals surface area (Å²) in [5.74, 6) is -0.210. The molecular formula is C14H15BrFN9O2. The molecule has 0 unspecified atom stereocenters. The molecule has 0 fully saturated rings. The van der Waals surface area contributed by atoms with Gasteiger partial charge in [0, 0.05) is 13.1 Å². The highest BCUT2D eigenvalue weighted by Gasteiger charge is 2.16. The molecule has 11 nitrogen and oxygen atoms in total. The van der Waals surface area contributed by atoms with Gasteiger partial charge in [0.05, 0.1) is 10.2 Å². The average molecular weight is 440 g/mol. The third-order valence-electron chi connectivity index (χ3n) is 3.06. The van der Waals surface area contributed by atoms with Crippen LogP contribution in [0.3, 0.4) is 0 Å². The van der Waals surface area contributed by atoms with E-state index in [0.717, 1.165) is 0 Å². The van der Waals surface area contributed by atoms with Crippen molar-refractivity contribution in [1.29, 1.82) is 5.26 Å². The average Bonchev–Trinajstić information content (AvgIpc) is 3.11. The minimum atomic E-state index is -0.439. The predicted molar refractivity (Wildman–Crippen MR) is 97.9 cm³/mol. The lowest BCUT2D eigenvalue weighted by Gasteiger charge is -2.05. The highest BCUT2D eigenvalue weighted by atomic mass is 79.9. The second-order valence-corrected chi connectivity index (χ2v) is 5.77. The summed E-state index contributed by atoms with van der Waals surface area (Å²) in [6, 6.07) is 4.09. The van der Waals surface area contributed by atoms with Crippen molar-refractivity contribution < 1.29 is 14.2 Å². The normalized spacial score (nSPS) is 11.8. The van der Waals surface area contributed by atoms with E-state index in [-0.39, 0.29) is 27.8 Å². The van der Waals surface area contributed by atoms with Crippen molar-refractivity contribution in [3.8, 4) is 6.19 Å². The maximum Gasteiger partial charge on any atom is 0.202 e. The van der Waals surface area contributed by atoms with E-state index in [1.807, 2.05) is 5.48 Å². The van der Waals surface area contributed by atoms with E-state index in [9.17, 15) is 9.60 Å². The molecule has 0 aliphatic carbocycles. The number of nitrogens with one attached hydrogen (secondary N) is 3. The van der Waals surface area contributed by atoms with Crippen LogP contribution < -0.4 is 21.8 Å². The van der Waals surface area contributed by atoms with Crippen molar-refractivity contribution in [3.05, 3.63) is 34.2 Å². The van der Waals surface area contributed by atoms with Crippen LogP contribution >= 0.6 is 15.9 Å². The Morgan fingerprint density at radius 2 is 2.26 bits per heavy atom. The summed E-state index contributed by atoms with van der Waals surface area (Å²) in [5.41, 5.74) is 7.83. The smallest absolute Gasteiger partial charge is 0.202 e. The second-order valence-electron chi connectivity index (χ2n) is 4.92. The van der Waals surface area contributed by atoms with Crippen LogP contribution in [0.1, 0.15) is 12.1 Å². The number of hydrogen-bond acceptors (Lipinski definition) is 8. The summed E-state index contributed by atoms with van der Waals surface area (Å²) in [6.07, 6.45) is 2.24. The monoisotopic (exact) mass is 439 g/mol. The molecule has 1 aromatic heterocycles. The van der Waals surface area contributed by atoms with E-state index >= 15 is 0 Å². The molecular weight excluding hydrogens is 425 g/mol. The molecule has 0 spiro atoms. The molecule has 2 rings (SSSR count). The van der Waals surface area contributed by atoms with E-state index in [0.29, 0.717) is 25.2 Å². The van der Waals surface area contributed by atoms with Gasteiger partial charge < -0.3 is 11.1 Å². The molecule has 1 aromatic carbocycles. The number of nitriles is 1. The molecule has 6 N–H and O–H groups in total. The van der Waals surface area contributed by atoms with Crippen LogP contribution in [-0.4, -0.2) is 40.4 Å². The Bertz CT molecular complexity index is 878. The van der Waals surface area contributed by atoms with Crippen molar-refractivity contribution >= 4 is 39.2 Å². The van der Waals surface area contributed by atoms with Crippen molar-refractivity contribution in [1.82, 2.24) is 21.1 Å². The van der Waals surface area contributed by atoms with E-state index in [1.54, 1.807) is 6.19 Å². The summed E-state index contributed by atoms with van der Waals surface area (Å²) >= 11 is 3.06. The van der Waals surface area contributed by atoms with Crippen LogP contribution in [0.4, 0.5) is 15.9 Å². The van der Waals surface area contributed by atoms with E-state index in [4.69, 9.17) is 11.0 Å². The summed E-state index contributed by atoms with van der Waals surface area (Å²) in [5, 5.41) is 30.3. The van der Waals surface area contributed by atoms with Gasteiger partial charge in [-0.3, -0.25) is 21.0 Å². The lowest BCUT2D eigenvalue weighted by molar-refractivity contribution is 0.234. The SMILES string of the molecule is N#CNC(N)=NCCCNc1nonc1C(=Nc1ccc(F)c(Br)c1)NO. The van der Waals surface area contributed by atoms with Gasteiger partial charge in [-0.05, 0) is 50.9 Å². The first-order valence-electron chi connectivity index (χ1n) is 7.50. The van der Waals surface area contributed by atoms with Gasteiger partial charge in [-0.2, -0.15) is 5.26 Å². The maximum absolute atomic E-state index is 13.3. The zero-order chi connectivity index (χ0) is 19.6. The van der Waals surface area contributed by atoms with Crippen LogP contribution in [0.2, 0.25) is 0 Å². The van der Waals surface area contributed by atoms with Crippen LogP contribution in [-0.2, 0) is 0 Å². The van der Waals surface area contributed by atoms with Gasteiger partial charge in [-0.25, -0.2) is 14.0 Å². The maximum atomic E-state index is 13.3. The number of benzene rings is 1. The van der Waals surface area contributed by atoms with Gasteiger partial charge >= 0.3 is 0 Å². The Morgan fingerprint density at radius 1 is 1.44 bits per heavy atom. The topological polar surface area (TPSA) is 170 Å². The number of hydrogen-bond donors (Lipinski definition) is 5. The molecule has 0 saturated heterocycles. The van der Waals surface area contributed by atoms with Crippen LogP contribution in [0.25, 0.3) is 0 Å². The van der Waals surface area contributed by atoms with E-state index in [1.165, 1.54) is 18.2 Å². The van der Waals surface area contributed by atoms with Gasteiger partial charge in [0.1, 0.15) is 5.82 Å². The fourth-order valence-electron chi connectivity index (χ4n) is 1.86. The number of nitrogens with two attached hydrogens (primary N) is 1. The van der Waals surface area contributed by atoms with E-state index in [2.05, 4.69) is 51.5 Å². The zero-order valence-electron chi connectivity index (χ0n) is 13.8. The number of halogens is 2. The fourth-order valence-corrected chi connectivity index (χ4v) is 2.22. The minimum Gasteiger partial charge on any atom is -0.369 e. The van der Waals surface area contributed by atoms with Gasteiger partial charge in [-0.15, -0.1) is 0 Å². The summed E-state index contributed by atoms with van der Waals surface area (Å²) in [4.78, 5) is 8.08. The van der Waals surface area contributed by atoms with E-state index < -0.39 is 5.82 Å². The number of nitrogens with zero attached hydrogens (tertiary/aromatic N) is 5. The summed E-state index contributed by atoms with van der Waals surface area (Å²) in [6.45, 7) is 0.808. The number of rotatable bonds is 7. The Balaban J connectivity index is 2.03. The van der Waals surface area contributed by atoms with Gasteiger partial charge in [-0.1, -0.05) is 0 Å².